The number of nitrogens with one attached hydrogen (secondary N) is 2. The number of carbonyl (C=O) groups is 1. The third kappa shape index (κ3) is 3.88. The predicted molar refractivity (Wildman–Crippen MR) is 89.9 cm³/mol. The summed E-state index contributed by atoms with van der Waals surface area (Å²) < 4.78 is 27.8. The van der Waals surface area contributed by atoms with E-state index in [0.717, 1.165) is 40.9 Å². The average Bonchev–Trinajstić information content (AvgIpc) is 3.12. The maximum Gasteiger partial charge on any atom is 0.241 e. The summed E-state index contributed by atoms with van der Waals surface area (Å²) >= 11 is 1.45. The highest BCUT2D eigenvalue weighted by Crippen LogP contribution is 2.24. The highest BCUT2D eigenvalue weighted by atomic mass is 32.2. The number of nitrogens with zero attached hydrogens (tertiary/aromatic N) is 1. The molecule has 8 heteroatoms. The van der Waals surface area contributed by atoms with Crippen LogP contribution in [0.4, 0.5) is 0 Å². The standard InChI is InChI=1S/C15H19N3O3S2/c1-10-17-13-7-6-12(8-14(13)22-10)23(20,21)16-9-15(19)18-11-4-2-3-5-11/h6-8,11,16H,2-5,9H2,1H3,(H,18,19). The Kier molecular flexibility index (Phi) is 4.65. The Morgan fingerprint density at radius 1 is 1.35 bits per heavy atom. The van der Waals surface area contributed by atoms with Gasteiger partial charge in [0.15, 0.2) is 0 Å². The molecule has 124 valence electrons. The van der Waals surface area contributed by atoms with E-state index in [1.165, 1.54) is 17.4 Å². The summed E-state index contributed by atoms with van der Waals surface area (Å²) in [6.45, 7) is 1.64. The largest absolute Gasteiger partial charge is 0.352 e. The van der Waals surface area contributed by atoms with Crippen LogP contribution in [0.3, 0.4) is 0 Å². The van der Waals surface area contributed by atoms with Crippen LogP contribution in [-0.2, 0) is 14.8 Å². The van der Waals surface area contributed by atoms with Crippen LogP contribution in [0.15, 0.2) is 23.1 Å². The quantitative estimate of drug-likeness (QED) is 0.860. The number of hydrogen-bond acceptors (Lipinski definition) is 5. The van der Waals surface area contributed by atoms with Crippen LogP contribution < -0.4 is 10.0 Å². The Hall–Kier alpha value is -1.51. The van der Waals surface area contributed by atoms with Crippen LogP contribution in [0.5, 0.6) is 0 Å². The molecular weight excluding hydrogens is 334 g/mol. The molecule has 6 nitrogen and oxygen atoms in total. The van der Waals surface area contributed by atoms with Gasteiger partial charge in [0, 0.05) is 6.04 Å². The first kappa shape index (κ1) is 16.4. The van der Waals surface area contributed by atoms with Crippen LogP contribution in [0.25, 0.3) is 10.2 Å². The van der Waals surface area contributed by atoms with E-state index in [0.29, 0.717) is 0 Å². The lowest BCUT2D eigenvalue weighted by atomic mass is 10.2. The third-order valence-electron chi connectivity index (χ3n) is 3.92. The summed E-state index contributed by atoms with van der Waals surface area (Å²) in [6.07, 6.45) is 4.18. The van der Waals surface area contributed by atoms with Gasteiger partial charge in [-0.2, -0.15) is 0 Å². The van der Waals surface area contributed by atoms with Crippen LogP contribution in [0, 0.1) is 6.92 Å². The zero-order valence-electron chi connectivity index (χ0n) is 12.8. The molecule has 1 saturated carbocycles. The van der Waals surface area contributed by atoms with Crippen molar-refractivity contribution in [1.82, 2.24) is 15.0 Å². The van der Waals surface area contributed by atoms with Crippen LogP contribution in [-0.4, -0.2) is 31.9 Å². The molecule has 23 heavy (non-hydrogen) atoms. The zero-order valence-corrected chi connectivity index (χ0v) is 14.5. The maximum atomic E-state index is 12.3. The zero-order chi connectivity index (χ0) is 16.4. The molecule has 1 aliphatic carbocycles. The molecule has 1 aliphatic rings. The number of thiazole rings is 1. The smallest absolute Gasteiger partial charge is 0.241 e. The fraction of sp³-hybridized carbons (Fsp3) is 0.467. The molecule has 1 amide bonds. The summed E-state index contributed by atoms with van der Waals surface area (Å²) in [5, 5.41) is 3.75. The van der Waals surface area contributed by atoms with Crippen molar-refractivity contribution in [2.45, 2.75) is 43.5 Å². The highest BCUT2D eigenvalue weighted by Gasteiger charge is 2.20. The number of aryl methyl sites for hydroxylation is 1. The van der Waals surface area contributed by atoms with Crippen LogP contribution in [0.2, 0.25) is 0 Å². The number of amides is 1. The van der Waals surface area contributed by atoms with Gasteiger partial charge >= 0.3 is 0 Å². The van der Waals surface area contributed by atoms with E-state index in [1.807, 2.05) is 6.92 Å². The second kappa shape index (κ2) is 6.54. The molecule has 2 aromatic rings. The number of aromatic nitrogens is 1. The maximum absolute atomic E-state index is 12.3. The Morgan fingerprint density at radius 3 is 2.83 bits per heavy atom. The Balaban J connectivity index is 1.66. The van der Waals surface area contributed by atoms with Crippen molar-refractivity contribution in [1.29, 1.82) is 0 Å². The number of fused-ring (bicyclic) bond motifs is 1. The van der Waals surface area contributed by atoms with Gasteiger partial charge in [-0.1, -0.05) is 12.8 Å². The summed E-state index contributed by atoms with van der Waals surface area (Å²) in [6, 6.07) is 4.98. The molecule has 1 aromatic carbocycles. The van der Waals surface area contributed by atoms with Crippen molar-refractivity contribution in [3.63, 3.8) is 0 Å². The summed E-state index contributed by atoms with van der Waals surface area (Å²) in [5.74, 6) is -0.282. The molecule has 0 radical (unpaired) electrons. The van der Waals surface area contributed by atoms with Crippen molar-refractivity contribution in [2.24, 2.45) is 0 Å². The number of hydrogen-bond donors (Lipinski definition) is 2. The highest BCUT2D eigenvalue weighted by molar-refractivity contribution is 7.89. The Morgan fingerprint density at radius 2 is 2.09 bits per heavy atom. The molecule has 2 N–H and O–H groups in total. The molecule has 1 heterocycles. The molecule has 0 aliphatic heterocycles. The Labute approximate surface area is 139 Å². The van der Waals surface area contributed by atoms with Gasteiger partial charge in [0.05, 0.1) is 26.7 Å². The molecule has 1 aromatic heterocycles. The van der Waals surface area contributed by atoms with E-state index < -0.39 is 10.0 Å². The number of benzene rings is 1. The molecule has 1 fully saturated rings. The SMILES string of the molecule is Cc1nc2ccc(S(=O)(=O)NCC(=O)NC3CCCC3)cc2s1. The van der Waals surface area contributed by atoms with Gasteiger partial charge in [-0.25, -0.2) is 18.1 Å². The minimum absolute atomic E-state index is 0.155. The minimum Gasteiger partial charge on any atom is -0.352 e. The lowest BCUT2D eigenvalue weighted by Gasteiger charge is -2.12. The van der Waals surface area contributed by atoms with E-state index in [1.54, 1.807) is 12.1 Å². The normalized spacial score (nSPS) is 16.0. The second-order valence-corrected chi connectivity index (χ2v) is 8.74. The first-order chi connectivity index (χ1) is 10.9. The fourth-order valence-electron chi connectivity index (χ4n) is 2.78. The lowest BCUT2D eigenvalue weighted by Crippen LogP contribution is -2.40. The first-order valence-corrected chi connectivity index (χ1v) is 9.90. The van der Waals surface area contributed by atoms with Gasteiger partial charge < -0.3 is 5.32 Å². The molecular formula is C15H19N3O3S2. The molecule has 0 atom stereocenters. The van der Waals surface area contributed by atoms with E-state index >= 15 is 0 Å². The van der Waals surface area contributed by atoms with Crippen molar-refractivity contribution in [3.8, 4) is 0 Å². The summed E-state index contributed by atoms with van der Waals surface area (Å²) in [5.41, 5.74) is 0.783. The van der Waals surface area contributed by atoms with Gasteiger partial charge in [0.2, 0.25) is 15.9 Å². The van der Waals surface area contributed by atoms with Crippen molar-refractivity contribution in [2.75, 3.05) is 6.54 Å². The van der Waals surface area contributed by atoms with Crippen LogP contribution >= 0.6 is 11.3 Å². The van der Waals surface area contributed by atoms with E-state index in [9.17, 15) is 13.2 Å². The van der Waals surface area contributed by atoms with Crippen molar-refractivity contribution >= 4 is 37.5 Å². The van der Waals surface area contributed by atoms with E-state index in [-0.39, 0.29) is 23.4 Å². The van der Waals surface area contributed by atoms with Gasteiger partial charge in [0.1, 0.15) is 0 Å². The van der Waals surface area contributed by atoms with E-state index in [4.69, 9.17) is 0 Å². The minimum atomic E-state index is -3.70. The van der Waals surface area contributed by atoms with Crippen LogP contribution in [0.1, 0.15) is 30.7 Å². The number of sulfonamides is 1. The topological polar surface area (TPSA) is 88.2 Å². The van der Waals surface area contributed by atoms with Gasteiger partial charge in [-0.3, -0.25) is 4.79 Å². The number of rotatable bonds is 5. The average molecular weight is 353 g/mol. The molecule has 0 bridgehead atoms. The van der Waals surface area contributed by atoms with Crippen molar-refractivity contribution in [3.05, 3.63) is 23.2 Å². The monoisotopic (exact) mass is 353 g/mol. The van der Waals surface area contributed by atoms with Crippen molar-refractivity contribution < 1.29 is 13.2 Å². The van der Waals surface area contributed by atoms with E-state index in [2.05, 4.69) is 15.0 Å². The molecule has 0 spiro atoms. The van der Waals surface area contributed by atoms with Gasteiger partial charge in [0.25, 0.3) is 0 Å². The first-order valence-electron chi connectivity index (χ1n) is 7.60. The summed E-state index contributed by atoms with van der Waals surface area (Å²) in [4.78, 5) is 16.3. The second-order valence-electron chi connectivity index (χ2n) is 5.74. The molecule has 0 saturated heterocycles. The Bertz CT molecular complexity index is 824. The lowest BCUT2D eigenvalue weighted by molar-refractivity contribution is -0.120. The number of carbonyl (C=O) groups excluding carboxylic acids is 1. The van der Waals surface area contributed by atoms with Gasteiger partial charge in [-0.15, -0.1) is 11.3 Å². The third-order valence-corrected chi connectivity index (χ3v) is 6.25. The molecule has 3 rings (SSSR count). The predicted octanol–water partition coefficient (Wildman–Crippen LogP) is 1.94. The summed E-state index contributed by atoms with van der Waals surface area (Å²) in [7, 11) is -3.70. The van der Waals surface area contributed by atoms with Gasteiger partial charge in [-0.05, 0) is 38.0 Å². The fourth-order valence-corrected chi connectivity index (χ4v) is 4.73. The molecule has 0 unspecified atom stereocenters.